The van der Waals surface area contributed by atoms with Gasteiger partial charge in [-0.15, -0.1) is 0 Å². The second-order valence-electron chi connectivity index (χ2n) is 14.9. The first kappa shape index (κ1) is 43.4. The third-order valence-electron chi connectivity index (χ3n) is 10.3. The molecule has 2 unspecified atom stereocenters. The van der Waals surface area contributed by atoms with E-state index >= 15 is 0 Å². The minimum absolute atomic E-state index is 0.0178. The zero-order chi connectivity index (χ0) is 33.3. The van der Waals surface area contributed by atoms with Gasteiger partial charge in [0.25, 0.3) is 0 Å². The van der Waals surface area contributed by atoms with Crippen LogP contribution in [0.15, 0.2) is 0 Å². The van der Waals surface area contributed by atoms with Crippen molar-refractivity contribution < 1.29 is 19.0 Å². The summed E-state index contributed by atoms with van der Waals surface area (Å²) in [5, 5.41) is 0. The van der Waals surface area contributed by atoms with Gasteiger partial charge in [-0.25, -0.2) is 0 Å². The second-order valence-corrected chi connectivity index (χ2v) is 14.9. The first-order chi connectivity index (χ1) is 22.6. The molecule has 1 heterocycles. The maximum absolute atomic E-state index is 12.3. The van der Waals surface area contributed by atoms with Crippen LogP contribution in [0.5, 0.6) is 0 Å². The van der Waals surface area contributed by atoms with Gasteiger partial charge in [0.1, 0.15) is 6.79 Å². The average Bonchev–Trinajstić information content (AvgIpc) is 3.47. The Morgan fingerprint density at radius 1 is 0.630 bits per heavy atom. The topological polar surface area (TPSA) is 48.0 Å². The number of esters is 1. The Hall–Kier alpha value is -0.650. The summed E-state index contributed by atoms with van der Waals surface area (Å²) in [7, 11) is 2.20. The molecule has 0 amide bonds. The highest BCUT2D eigenvalue weighted by Gasteiger charge is 2.19. The van der Waals surface area contributed by atoms with Crippen LogP contribution in [0.3, 0.4) is 0 Å². The summed E-state index contributed by atoms with van der Waals surface area (Å²) in [4.78, 5) is 14.7. The van der Waals surface area contributed by atoms with E-state index in [0.717, 1.165) is 44.9 Å². The molecule has 1 aliphatic rings. The van der Waals surface area contributed by atoms with Gasteiger partial charge >= 0.3 is 5.97 Å². The molecule has 1 aliphatic heterocycles. The lowest BCUT2D eigenvalue weighted by molar-refractivity contribution is -0.144. The number of rotatable bonds is 35. The molecule has 5 heteroatoms. The molecule has 0 N–H and O–H groups in total. The normalized spacial score (nSPS) is 16.1. The minimum Gasteiger partial charge on any atom is -0.466 e. The van der Waals surface area contributed by atoms with Gasteiger partial charge in [0, 0.05) is 13.0 Å². The van der Waals surface area contributed by atoms with Gasteiger partial charge < -0.3 is 19.1 Å². The molecule has 0 aliphatic carbocycles. The molecule has 1 rings (SSSR count). The summed E-state index contributed by atoms with van der Waals surface area (Å²) < 4.78 is 17.6. The lowest BCUT2D eigenvalue weighted by Crippen LogP contribution is -2.18. The van der Waals surface area contributed by atoms with E-state index < -0.39 is 0 Å². The number of carbonyl (C=O) groups is 1. The molecule has 0 aromatic carbocycles. The van der Waals surface area contributed by atoms with Crippen molar-refractivity contribution >= 4 is 5.97 Å². The zero-order valence-corrected chi connectivity index (χ0v) is 31.6. The summed E-state index contributed by atoms with van der Waals surface area (Å²) >= 11 is 0. The highest BCUT2D eigenvalue weighted by Crippen LogP contribution is 2.22. The van der Waals surface area contributed by atoms with E-state index in [1.165, 1.54) is 154 Å². The molecular weight excluding hydrogens is 570 g/mol. The summed E-state index contributed by atoms with van der Waals surface area (Å²) in [6.45, 7) is 11.9. The summed E-state index contributed by atoms with van der Waals surface area (Å²) in [6.07, 6.45) is 34.2. The SMILES string of the molecule is CCCCCCCCCCC(CCCCCCCCC(=O)OCCC(CCCCC)CCCCC)COCOCC1CCN(C)C1. The number of hydrogen-bond donors (Lipinski definition) is 0. The smallest absolute Gasteiger partial charge is 0.305 e. The summed E-state index contributed by atoms with van der Waals surface area (Å²) in [5.74, 6) is 2.08. The monoisotopic (exact) mass is 652 g/mol. The Morgan fingerprint density at radius 3 is 1.70 bits per heavy atom. The van der Waals surface area contributed by atoms with E-state index in [4.69, 9.17) is 14.2 Å². The molecule has 274 valence electrons. The zero-order valence-electron chi connectivity index (χ0n) is 31.6. The van der Waals surface area contributed by atoms with E-state index in [-0.39, 0.29) is 5.97 Å². The van der Waals surface area contributed by atoms with Crippen LogP contribution >= 0.6 is 0 Å². The summed E-state index contributed by atoms with van der Waals surface area (Å²) in [5.41, 5.74) is 0. The fraction of sp³-hybridized carbons (Fsp3) is 0.976. The number of ether oxygens (including phenoxy) is 3. The maximum atomic E-state index is 12.3. The highest BCUT2D eigenvalue weighted by atomic mass is 16.7. The van der Waals surface area contributed by atoms with E-state index in [9.17, 15) is 4.79 Å². The van der Waals surface area contributed by atoms with Crippen molar-refractivity contribution in [1.82, 2.24) is 4.90 Å². The molecule has 1 fully saturated rings. The Bertz CT molecular complexity index is 634. The van der Waals surface area contributed by atoms with Crippen molar-refractivity contribution in [3.8, 4) is 0 Å². The number of unbranched alkanes of at least 4 members (excludes halogenated alkanes) is 16. The molecular formula is C41H81NO4. The number of carbonyl (C=O) groups excluding carboxylic acids is 1. The van der Waals surface area contributed by atoms with Gasteiger partial charge in [-0.1, -0.05) is 156 Å². The van der Waals surface area contributed by atoms with Crippen LogP contribution in [0.2, 0.25) is 0 Å². The predicted octanol–water partition coefficient (Wildman–Crippen LogP) is 11.9. The fourth-order valence-electron chi connectivity index (χ4n) is 7.15. The number of hydrogen-bond acceptors (Lipinski definition) is 5. The number of likely N-dealkylation sites (tertiary alicyclic amines) is 1. The second kappa shape index (κ2) is 32.9. The predicted molar refractivity (Wildman–Crippen MR) is 197 cm³/mol. The molecule has 0 radical (unpaired) electrons. The van der Waals surface area contributed by atoms with E-state index in [1.54, 1.807) is 0 Å². The maximum Gasteiger partial charge on any atom is 0.305 e. The lowest BCUT2D eigenvalue weighted by atomic mass is 9.92. The van der Waals surface area contributed by atoms with Crippen molar-refractivity contribution in [2.24, 2.45) is 17.8 Å². The third-order valence-corrected chi connectivity index (χ3v) is 10.3. The first-order valence-electron chi connectivity index (χ1n) is 20.6. The van der Waals surface area contributed by atoms with E-state index in [0.29, 0.717) is 31.7 Å². The van der Waals surface area contributed by atoms with Gasteiger partial charge in [0.15, 0.2) is 0 Å². The van der Waals surface area contributed by atoms with Gasteiger partial charge in [-0.2, -0.15) is 0 Å². The van der Waals surface area contributed by atoms with Crippen molar-refractivity contribution in [2.75, 3.05) is 46.8 Å². The Balaban J connectivity index is 2.14. The van der Waals surface area contributed by atoms with Gasteiger partial charge in [-0.05, 0) is 63.5 Å². The van der Waals surface area contributed by atoms with Crippen LogP contribution in [-0.4, -0.2) is 57.6 Å². The first-order valence-corrected chi connectivity index (χ1v) is 20.6. The molecule has 2 atom stereocenters. The molecule has 5 nitrogen and oxygen atoms in total. The molecule has 0 saturated carbocycles. The van der Waals surface area contributed by atoms with Gasteiger partial charge in [0.2, 0.25) is 0 Å². The quantitative estimate of drug-likeness (QED) is 0.0388. The van der Waals surface area contributed by atoms with Crippen molar-refractivity contribution in [1.29, 1.82) is 0 Å². The highest BCUT2D eigenvalue weighted by molar-refractivity contribution is 5.69. The average molecular weight is 652 g/mol. The van der Waals surface area contributed by atoms with Crippen LogP contribution in [0, 0.1) is 17.8 Å². The van der Waals surface area contributed by atoms with Crippen molar-refractivity contribution in [3.63, 3.8) is 0 Å². The van der Waals surface area contributed by atoms with E-state index in [2.05, 4.69) is 32.7 Å². The molecule has 46 heavy (non-hydrogen) atoms. The van der Waals surface area contributed by atoms with Crippen molar-refractivity contribution in [3.05, 3.63) is 0 Å². The minimum atomic E-state index is 0.0178. The third kappa shape index (κ3) is 27.3. The number of nitrogens with zero attached hydrogens (tertiary/aromatic N) is 1. The Morgan fingerprint density at radius 2 is 1.13 bits per heavy atom. The lowest BCUT2D eigenvalue weighted by Gasteiger charge is -2.18. The fourth-order valence-corrected chi connectivity index (χ4v) is 7.15. The Kier molecular flexibility index (Phi) is 31.0. The largest absolute Gasteiger partial charge is 0.466 e. The molecule has 0 bridgehead atoms. The molecule has 0 aromatic rings. The summed E-state index contributed by atoms with van der Waals surface area (Å²) in [6, 6.07) is 0. The van der Waals surface area contributed by atoms with E-state index in [1.807, 2.05) is 0 Å². The van der Waals surface area contributed by atoms with Crippen LogP contribution in [0.1, 0.15) is 194 Å². The van der Waals surface area contributed by atoms with Crippen LogP contribution < -0.4 is 0 Å². The van der Waals surface area contributed by atoms with Gasteiger partial charge in [0.05, 0.1) is 19.8 Å². The van der Waals surface area contributed by atoms with Crippen molar-refractivity contribution in [2.45, 2.75) is 194 Å². The molecule has 1 saturated heterocycles. The van der Waals surface area contributed by atoms with Crippen LogP contribution in [0.4, 0.5) is 0 Å². The Labute approximate surface area is 288 Å². The van der Waals surface area contributed by atoms with Crippen LogP contribution in [-0.2, 0) is 19.0 Å². The standard InChI is InChI=1S/C41H81NO4/c1-5-8-11-12-13-14-17-22-27-39(35-44-37-45-36-40-30-32-42(4)34-40)28-23-18-15-16-19-24-29-41(43)46-33-31-38(25-20-9-6-2)26-21-10-7-3/h38-40H,5-37H2,1-4H3. The molecule has 0 spiro atoms. The van der Waals surface area contributed by atoms with Crippen LogP contribution in [0.25, 0.3) is 0 Å². The van der Waals surface area contributed by atoms with Gasteiger partial charge in [-0.3, -0.25) is 4.79 Å². The molecule has 0 aromatic heterocycles.